The zero-order valence-electron chi connectivity index (χ0n) is 14.8. The van der Waals surface area contributed by atoms with Crippen molar-refractivity contribution in [2.45, 2.75) is 32.2 Å². The van der Waals surface area contributed by atoms with Crippen molar-refractivity contribution >= 4 is 17.6 Å². The summed E-state index contributed by atoms with van der Waals surface area (Å²) in [5.41, 5.74) is 0.779. The number of piperidine rings is 2. The third-order valence-electron chi connectivity index (χ3n) is 5.26. The van der Waals surface area contributed by atoms with E-state index in [1.807, 2.05) is 30.3 Å². The molecule has 1 aromatic carbocycles. The maximum Gasteiger partial charge on any atom is 0.321 e. The number of carbonyl (C=O) groups is 2. The summed E-state index contributed by atoms with van der Waals surface area (Å²) in [6, 6.07) is 9.49. The molecule has 3 amide bonds. The van der Waals surface area contributed by atoms with Crippen molar-refractivity contribution in [3.8, 4) is 0 Å². The molecule has 2 saturated heterocycles. The predicted molar refractivity (Wildman–Crippen MR) is 98.3 cm³/mol. The number of anilines is 1. The van der Waals surface area contributed by atoms with Crippen LogP contribution in [0.1, 0.15) is 26.2 Å². The molecule has 0 aliphatic carbocycles. The minimum absolute atomic E-state index is 0.0813. The molecule has 0 aromatic heterocycles. The normalized spacial score (nSPS) is 26.8. The van der Waals surface area contributed by atoms with Gasteiger partial charge in [-0.25, -0.2) is 4.79 Å². The van der Waals surface area contributed by atoms with E-state index in [1.165, 1.54) is 0 Å². The summed E-state index contributed by atoms with van der Waals surface area (Å²) in [7, 11) is 0. The Kier molecular flexibility index (Phi) is 5.91. The Morgan fingerprint density at radius 1 is 1.20 bits per heavy atom. The van der Waals surface area contributed by atoms with Gasteiger partial charge >= 0.3 is 6.03 Å². The molecule has 0 bridgehead atoms. The highest BCUT2D eigenvalue weighted by Gasteiger charge is 2.31. The van der Waals surface area contributed by atoms with E-state index in [1.54, 1.807) is 4.90 Å². The first kappa shape index (κ1) is 17.7. The van der Waals surface area contributed by atoms with Crippen LogP contribution in [-0.4, -0.2) is 49.1 Å². The fourth-order valence-corrected chi connectivity index (χ4v) is 3.58. The first-order chi connectivity index (χ1) is 12.1. The van der Waals surface area contributed by atoms with Gasteiger partial charge in [0, 0.05) is 31.4 Å². The fourth-order valence-electron chi connectivity index (χ4n) is 3.58. The van der Waals surface area contributed by atoms with Crippen LogP contribution >= 0.6 is 0 Å². The number of hydrogen-bond acceptors (Lipinski definition) is 3. The van der Waals surface area contributed by atoms with Crippen molar-refractivity contribution < 1.29 is 9.59 Å². The predicted octanol–water partition coefficient (Wildman–Crippen LogP) is 2.04. The third-order valence-corrected chi connectivity index (χ3v) is 5.26. The van der Waals surface area contributed by atoms with Crippen LogP contribution in [0.2, 0.25) is 0 Å². The molecule has 2 aliphatic heterocycles. The number of rotatable bonds is 3. The van der Waals surface area contributed by atoms with E-state index >= 15 is 0 Å². The van der Waals surface area contributed by atoms with Crippen LogP contribution in [0.3, 0.4) is 0 Å². The molecule has 3 rings (SSSR count). The highest BCUT2D eigenvalue weighted by Crippen LogP contribution is 2.19. The van der Waals surface area contributed by atoms with Crippen molar-refractivity contribution in [3.05, 3.63) is 30.3 Å². The summed E-state index contributed by atoms with van der Waals surface area (Å²) in [6.45, 7) is 5.22. The monoisotopic (exact) mass is 344 g/mol. The van der Waals surface area contributed by atoms with E-state index in [-0.39, 0.29) is 23.9 Å². The van der Waals surface area contributed by atoms with Gasteiger partial charge in [-0.2, -0.15) is 0 Å². The van der Waals surface area contributed by atoms with Crippen molar-refractivity contribution in [1.82, 2.24) is 15.5 Å². The minimum Gasteiger partial charge on any atom is -0.352 e. The molecule has 25 heavy (non-hydrogen) atoms. The van der Waals surface area contributed by atoms with Crippen LogP contribution in [0.5, 0.6) is 0 Å². The Morgan fingerprint density at radius 3 is 2.76 bits per heavy atom. The molecule has 6 heteroatoms. The number of amides is 3. The second-order valence-electron chi connectivity index (χ2n) is 7.17. The molecule has 3 unspecified atom stereocenters. The first-order valence-electron chi connectivity index (χ1n) is 9.25. The average molecular weight is 344 g/mol. The lowest BCUT2D eigenvalue weighted by molar-refractivity contribution is -0.127. The number of urea groups is 1. The highest BCUT2D eigenvalue weighted by atomic mass is 16.2. The molecule has 2 fully saturated rings. The van der Waals surface area contributed by atoms with Gasteiger partial charge in [0.25, 0.3) is 0 Å². The minimum atomic E-state index is -0.128. The quantitative estimate of drug-likeness (QED) is 0.786. The summed E-state index contributed by atoms with van der Waals surface area (Å²) >= 11 is 0. The second kappa shape index (κ2) is 8.34. The molecule has 6 nitrogen and oxygen atoms in total. The smallest absolute Gasteiger partial charge is 0.321 e. The van der Waals surface area contributed by atoms with Gasteiger partial charge in [0.2, 0.25) is 5.91 Å². The summed E-state index contributed by atoms with van der Waals surface area (Å²) < 4.78 is 0. The van der Waals surface area contributed by atoms with Gasteiger partial charge in [-0.1, -0.05) is 25.1 Å². The van der Waals surface area contributed by atoms with Crippen LogP contribution in [0.15, 0.2) is 30.3 Å². The van der Waals surface area contributed by atoms with Gasteiger partial charge < -0.3 is 20.9 Å². The van der Waals surface area contributed by atoms with E-state index in [0.29, 0.717) is 19.0 Å². The van der Waals surface area contributed by atoms with E-state index in [9.17, 15) is 9.59 Å². The number of carbonyl (C=O) groups excluding carboxylic acids is 2. The van der Waals surface area contributed by atoms with Crippen LogP contribution in [-0.2, 0) is 4.79 Å². The SMILES string of the molecule is CC1CCNCC1NC(=O)C1CCCN(C(=O)Nc2ccccc2)C1. The molecule has 2 aliphatic rings. The van der Waals surface area contributed by atoms with Crippen LogP contribution in [0.4, 0.5) is 10.5 Å². The number of nitrogens with zero attached hydrogens (tertiary/aromatic N) is 1. The maximum absolute atomic E-state index is 12.6. The summed E-state index contributed by atoms with van der Waals surface area (Å²) in [5, 5.41) is 9.43. The second-order valence-corrected chi connectivity index (χ2v) is 7.17. The maximum atomic E-state index is 12.6. The van der Waals surface area contributed by atoms with E-state index in [4.69, 9.17) is 0 Å². The van der Waals surface area contributed by atoms with Gasteiger partial charge in [0.1, 0.15) is 0 Å². The standard InChI is InChI=1S/C19H28N4O2/c1-14-9-10-20-12-17(14)22-18(24)15-6-5-11-23(13-15)19(25)21-16-7-3-2-4-8-16/h2-4,7-8,14-15,17,20H,5-6,9-13H2,1H3,(H,21,25)(H,22,24). The van der Waals surface area contributed by atoms with E-state index in [0.717, 1.165) is 38.0 Å². The topological polar surface area (TPSA) is 73.5 Å². The van der Waals surface area contributed by atoms with Crippen molar-refractivity contribution in [1.29, 1.82) is 0 Å². The van der Waals surface area contributed by atoms with Crippen molar-refractivity contribution in [3.63, 3.8) is 0 Å². The number of para-hydroxylation sites is 1. The molecule has 0 saturated carbocycles. The molecule has 1 aromatic rings. The molecular weight excluding hydrogens is 316 g/mol. The van der Waals surface area contributed by atoms with Crippen molar-refractivity contribution in [2.75, 3.05) is 31.5 Å². The summed E-state index contributed by atoms with van der Waals surface area (Å²) in [6.07, 6.45) is 2.79. The molecule has 136 valence electrons. The Balaban J connectivity index is 1.53. The molecule has 2 heterocycles. The molecule has 0 spiro atoms. The van der Waals surface area contributed by atoms with E-state index in [2.05, 4.69) is 22.9 Å². The lowest BCUT2D eigenvalue weighted by atomic mass is 9.92. The van der Waals surface area contributed by atoms with Gasteiger partial charge in [-0.3, -0.25) is 4.79 Å². The van der Waals surface area contributed by atoms with Crippen molar-refractivity contribution in [2.24, 2.45) is 11.8 Å². The first-order valence-corrected chi connectivity index (χ1v) is 9.25. The zero-order chi connectivity index (χ0) is 17.6. The Labute approximate surface area is 149 Å². The molecule has 3 atom stereocenters. The number of benzene rings is 1. The summed E-state index contributed by atoms with van der Waals surface area (Å²) in [5.74, 6) is 0.452. The lowest BCUT2D eigenvalue weighted by Gasteiger charge is -2.35. The van der Waals surface area contributed by atoms with Crippen LogP contribution < -0.4 is 16.0 Å². The number of nitrogens with one attached hydrogen (secondary N) is 3. The van der Waals surface area contributed by atoms with Gasteiger partial charge in [-0.05, 0) is 43.9 Å². The van der Waals surface area contributed by atoms with Gasteiger partial charge in [-0.15, -0.1) is 0 Å². The Morgan fingerprint density at radius 2 is 2.00 bits per heavy atom. The molecule has 0 radical (unpaired) electrons. The average Bonchev–Trinajstić information content (AvgIpc) is 2.64. The van der Waals surface area contributed by atoms with Crippen LogP contribution in [0, 0.1) is 11.8 Å². The Hall–Kier alpha value is -2.08. The number of hydrogen-bond donors (Lipinski definition) is 3. The third kappa shape index (κ3) is 4.72. The fraction of sp³-hybridized carbons (Fsp3) is 0.579. The zero-order valence-corrected chi connectivity index (χ0v) is 14.8. The molecular formula is C19H28N4O2. The van der Waals surface area contributed by atoms with Gasteiger partial charge in [0.05, 0.1) is 5.92 Å². The highest BCUT2D eigenvalue weighted by molar-refractivity contribution is 5.90. The van der Waals surface area contributed by atoms with Gasteiger partial charge in [0.15, 0.2) is 0 Å². The summed E-state index contributed by atoms with van der Waals surface area (Å²) in [4.78, 5) is 26.8. The molecule has 3 N–H and O–H groups in total. The lowest BCUT2D eigenvalue weighted by Crippen LogP contribution is -2.54. The number of likely N-dealkylation sites (tertiary alicyclic amines) is 1. The largest absolute Gasteiger partial charge is 0.352 e. The van der Waals surface area contributed by atoms with E-state index < -0.39 is 0 Å². The van der Waals surface area contributed by atoms with Crippen LogP contribution in [0.25, 0.3) is 0 Å². The Bertz CT molecular complexity index is 592.